The molecule has 0 saturated carbocycles. The molecule has 0 aliphatic heterocycles. The zero-order chi connectivity index (χ0) is 14.3. The molecular formula is C15H25NO3. The van der Waals surface area contributed by atoms with Crippen molar-refractivity contribution in [2.45, 2.75) is 26.7 Å². The van der Waals surface area contributed by atoms with Gasteiger partial charge in [-0.25, -0.2) is 0 Å². The maximum atomic E-state index is 9.67. The number of hydroxylamine groups is 2. The second-order valence-electron chi connectivity index (χ2n) is 4.91. The van der Waals surface area contributed by atoms with Crippen molar-refractivity contribution in [1.29, 1.82) is 0 Å². The maximum absolute atomic E-state index is 9.67. The van der Waals surface area contributed by atoms with Crippen LogP contribution in [-0.4, -0.2) is 37.6 Å². The Labute approximate surface area is 115 Å². The van der Waals surface area contributed by atoms with Crippen molar-refractivity contribution < 1.29 is 14.7 Å². The third-order valence-electron chi connectivity index (χ3n) is 3.04. The molecule has 1 atom stereocenters. The van der Waals surface area contributed by atoms with E-state index in [-0.39, 0.29) is 0 Å². The van der Waals surface area contributed by atoms with Crippen molar-refractivity contribution in [2.75, 3.05) is 27.3 Å². The normalized spacial score (nSPS) is 12.5. The standard InChI is InChI=1S/C15H25NO3/c1-5-8-16(17)11-12(2)9-13-6-7-14(18-3)15(10-13)19-4/h6-7,10,12,17H,5,8-9,11H2,1-4H3. The number of nitrogens with zero attached hydrogens (tertiary/aromatic N) is 1. The van der Waals surface area contributed by atoms with Gasteiger partial charge in [0.2, 0.25) is 0 Å². The fraction of sp³-hybridized carbons (Fsp3) is 0.600. The van der Waals surface area contributed by atoms with E-state index in [1.165, 1.54) is 10.6 Å². The van der Waals surface area contributed by atoms with Crippen molar-refractivity contribution in [3.8, 4) is 11.5 Å². The molecule has 0 aliphatic carbocycles. The van der Waals surface area contributed by atoms with Crippen LogP contribution in [0.4, 0.5) is 0 Å². The molecule has 0 amide bonds. The molecule has 0 fully saturated rings. The third-order valence-corrected chi connectivity index (χ3v) is 3.04. The van der Waals surface area contributed by atoms with Crippen LogP contribution < -0.4 is 9.47 Å². The molecule has 1 aromatic carbocycles. The number of rotatable bonds is 8. The number of hydrogen-bond acceptors (Lipinski definition) is 4. The number of ether oxygens (including phenoxy) is 2. The molecule has 1 N–H and O–H groups in total. The predicted octanol–water partition coefficient (Wildman–Crippen LogP) is 2.98. The molecule has 0 radical (unpaired) electrons. The highest BCUT2D eigenvalue weighted by Crippen LogP contribution is 2.28. The summed E-state index contributed by atoms with van der Waals surface area (Å²) in [6, 6.07) is 5.96. The Morgan fingerprint density at radius 3 is 2.47 bits per heavy atom. The lowest BCUT2D eigenvalue weighted by Gasteiger charge is -2.19. The summed E-state index contributed by atoms with van der Waals surface area (Å²) in [6.45, 7) is 5.59. The summed E-state index contributed by atoms with van der Waals surface area (Å²) < 4.78 is 10.5. The predicted molar refractivity (Wildman–Crippen MR) is 76.1 cm³/mol. The largest absolute Gasteiger partial charge is 0.493 e. The van der Waals surface area contributed by atoms with Gasteiger partial charge in [0, 0.05) is 13.1 Å². The van der Waals surface area contributed by atoms with E-state index >= 15 is 0 Å². The van der Waals surface area contributed by atoms with E-state index in [0.29, 0.717) is 12.5 Å². The second kappa shape index (κ2) is 8.02. The zero-order valence-electron chi connectivity index (χ0n) is 12.3. The van der Waals surface area contributed by atoms with Gasteiger partial charge in [-0.05, 0) is 36.5 Å². The smallest absolute Gasteiger partial charge is 0.160 e. The van der Waals surface area contributed by atoms with Crippen LogP contribution in [0.15, 0.2) is 18.2 Å². The van der Waals surface area contributed by atoms with Crippen LogP contribution in [0.3, 0.4) is 0 Å². The molecule has 0 aromatic heterocycles. The van der Waals surface area contributed by atoms with Gasteiger partial charge in [0.1, 0.15) is 0 Å². The highest BCUT2D eigenvalue weighted by Gasteiger charge is 2.10. The van der Waals surface area contributed by atoms with E-state index in [1.54, 1.807) is 14.2 Å². The van der Waals surface area contributed by atoms with Crippen molar-refractivity contribution in [3.05, 3.63) is 23.8 Å². The Hall–Kier alpha value is -1.26. The molecule has 1 unspecified atom stereocenters. The molecule has 0 bridgehead atoms. The van der Waals surface area contributed by atoms with Gasteiger partial charge in [0.15, 0.2) is 11.5 Å². The van der Waals surface area contributed by atoms with Gasteiger partial charge in [0.25, 0.3) is 0 Å². The van der Waals surface area contributed by atoms with Gasteiger partial charge in [-0.1, -0.05) is 19.9 Å². The summed E-state index contributed by atoms with van der Waals surface area (Å²) in [5.74, 6) is 1.88. The Balaban J connectivity index is 2.61. The Morgan fingerprint density at radius 1 is 1.21 bits per heavy atom. The first-order valence-electron chi connectivity index (χ1n) is 6.75. The Morgan fingerprint density at radius 2 is 1.89 bits per heavy atom. The lowest BCUT2D eigenvalue weighted by atomic mass is 10.0. The molecule has 19 heavy (non-hydrogen) atoms. The highest BCUT2D eigenvalue weighted by molar-refractivity contribution is 5.42. The first-order chi connectivity index (χ1) is 9.10. The first kappa shape index (κ1) is 15.8. The molecule has 1 rings (SSSR count). The van der Waals surface area contributed by atoms with E-state index in [2.05, 4.69) is 13.8 Å². The highest BCUT2D eigenvalue weighted by atomic mass is 16.5. The van der Waals surface area contributed by atoms with Crippen LogP contribution in [0.25, 0.3) is 0 Å². The van der Waals surface area contributed by atoms with Crippen LogP contribution in [0, 0.1) is 5.92 Å². The monoisotopic (exact) mass is 267 g/mol. The minimum atomic E-state index is 0.384. The fourth-order valence-electron chi connectivity index (χ4n) is 2.18. The zero-order valence-corrected chi connectivity index (χ0v) is 12.3. The van der Waals surface area contributed by atoms with E-state index in [0.717, 1.165) is 30.9 Å². The molecule has 1 aromatic rings. The van der Waals surface area contributed by atoms with Crippen molar-refractivity contribution in [1.82, 2.24) is 5.06 Å². The number of hydrogen-bond donors (Lipinski definition) is 1. The minimum absolute atomic E-state index is 0.384. The summed E-state index contributed by atoms with van der Waals surface area (Å²) >= 11 is 0. The number of benzene rings is 1. The topological polar surface area (TPSA) is 41.9 Å². The maximum Gasteiger partial charge on any atom is 0.160 e. The summed E-state index contributed by atoms with van der Waals surface area (Å²) in [5.41, 5.74) is 1.19. The Bertz CT molecular complexity index is 382. The second-order valence-corrected chi connectivity index (χ2v) is 4.91. The van der Waals surface area contributed by atoms with E-state index in [1.807, 2.05) is 18.2 Å². The van der Waals surface area contributed by atoms with Gasteiger partial charge in [0.05, 0.1) is 14.2 Å². The van der Waals surface area contributed by atoms with Gasteiger partial charge < -0.3 is 14.7 Å². The minimum Gasteiger partial charge on any atom is -0.493 e. The quantitative estimate of drug-likeness (QED) is 0.735. The molecule has 0 spiro atoms. The van der Waals surface area contributed by atoms with Crippen molar-refractivity contribution in [2.24, 2.45) is 5.92 Å². The summed E-state index contributed by atoms with van der Waals surface area (Å²) in [6.07, 6.45) is 1.86. The number of methoxy groups -OCH3 is 2. The lowest BCUT2D eigenvalue weighted by molar-refractivity contribution is -0.0994. The molecule has 4 nitrogen and oxygen atoms in total. The summed E-state index contributed by atoms with van der Waals surface area (Å²) in [7, 11) is 3.27. The van der Waals surface area contributed by atoms with Crippen LogP contribution >= 0.6 is 0 Å². The molecule has 0 heterocycles. The van der Waals surface area contributed by atoms with Crippen LogP contribution in [0.5, 0.6) is 11.5 Å². The van der Waals surface area contributed by atoms with E-state index in [4.69, 9.17) is 9.47 Å². The van der Waals surface area contributed by atoms with Gasteiger partial charge in [-0.3, -0.25) is 0 Å². The molecule has 108 valence electrons. The molecule has 0 aliphatic rings. The summed E-state index contributed by atoms with van der Waals surface area (Å²) in [4.78, 5) is 0. The molecular weight excluding hydrogens is 242 g/mol. The van der Waals surface area contributed by atoms with Crippen LogP contribution in [0.2, 0.25) is 0 Å². The molecule has 4 heteroatoms. The van der Waals surface area contributed by atoms with Gasteiger partial charge in [-0.15, -0.1) is 0 Å². The van der Waals surface area contributed by atoms with Crippen molar-refractivity contribution >= 4 is 0 Å². The lowest BCUT2D eigenvalue weighted by Crippen LogP contribution is -2.26. The average molecular weight is 267 g/mol. The van der Waals surface area contributed by atoms with E-state index in [9.17, 15) is 5.21 Å². The van der Waals surface area contributed by atoms with Crippen LogP contribution in [0.1, 0.15) is 25.8 Å². The Kier molecular flexibility index (Phi) is 6.67. The SMILES string of the molecule is CCCN(O)CC(C)Cc1ccc(OC)c(OC)c1. The van der Waals surface area contributed by atoms with Gasteiger partial charge in [-0.2, -0.15) is 5.06 Å². The third kappa shape index (κ3) is 5.09. The average Bonchev–Trinajstić information content (AvgIpc) is 2.38. The van der Waals surface area contributed by atoms with E-state index < -0.39 is 0 Å². The van der Waals surface area contributed by atoms with Crippen LogP contribution in [-0.2, 0) is 6.42 Å². The van der Waals surface area contributed by atoms with Gasteiger partial charge >= 0.3 is 0 Å². The molecule has 0 saturated heterocycles. The summed E-state index contributed by atoms with van der Waals surface area (Å²) in [5, 5.41) is 11.1. The fourth-order valence-corrected chi connectivity index (χ4v) is 2.18. The van der Waals surface area contributed by atoms with Crippen molar-refractivity contribution in [3.63, 3.8) is 0 Å². The first-order valence-corrected chi connectivity index (χ1v) is 6.75.